The SMILES string of the molecule is c1ccc(-c2nc(-c3ccccc3)c3cc(-n4c5ccccc5c5c6c7ccccc7oc6c6c7ccccc7sc6c54)ccc3n2)cc1. The van der Waals surface area contributed by atoms with Crippen molar-refractivity contribution >= 4 is 86.2 Å². The van der Waals surface area contributed by atoms with Gasteiger partial charge in [0, 0.05) is 59.2 Å². The van der Waals surface area contributed by atoms with E-state index in [-0.39, 0.29) is 0 Å². The molecule has 5 heteroatoms. The van der Waals surface area contributed by atoms with Crippen LogP contribution in [0.2, 0.25) is 0 Å². The van der Waals surface area contributed by atoms with Gasteiger partial charge in [-0.3, -0.25) is 0 Å². The molecule has 0 saturated carbocycles. The molecule has 4 heterocycles. The number of para-hydroxylation sites is 2. The smallest absolute Gasteiger partial charge is 0.160 e. The van der Waals surface area contributed by atoms with Gasteiger partial charge in [0.1, 0.15) is 11.2 Å². The molecule has 0 bridgehead atoms. The summed E-state index contributed by atoms with van der Waals surface area (Å²) in [6.07, 6.45) is 0. The Morgan fingerprint density at radius 1 is 0.531 bits per heavy atom. The van der Waals surface area contributed by atoms with Gasteiger partial charge in [-0.15, -0.1) is 11.3 Å². The van der Waals surface area contributed by atoms with Crippen LogP contribution in [0.5, 0.6) is 0 Å². The number of hydrogen-bond donors (Lipinski definition) is 0. The molecule has 0 radical (unpaired) electrons. The van der Waals surface area contributed by atoms with Gasteiger partial charge in [-0.25, -0.2) is 9.97 Å². The second kappa shape index (κ2) is 10.1. The molecule has 11 rings (SSSR count). The first kappa shape index (κ1) is 26.7. The van der Waals surface area contributed by atoms with Crippen molar-refractivity contribution in [1.82, 2.24) is 14.5 Å². The third kappa shape index (κ3) is 3.79. The van der Waals surface area contributed by atoms with Gasteiger partial charge in [-0.1, -0.05) is 115 Å². The second-order valence-electron chi connectivity index (χ2n) is 12.5. The van der Waals surface area contributed by atoms with E-state index in [1.165, 1.54) is 41.8 Å². The first-order chi connectivity index (χ1) is 24.3. The molecule has 0 fully saturated rings. The second-order valence-corrected chi connectivity index (χ2v) is 13.6. The normalized spacial score (nSPS) is 12.1. The van der Waals surface area contributed by atoms with Crippen LogP contribution in [0.15, 0.2) is 156 Å². The topological polar surface area (TPSA) is 43.9 Å². The summed E-state index contributed by atoms with van der Waals surface area (Å²) >= 11 is 1.84. The average molecular weight is 644 g/mol. The molecule has 228 valence electrons. The number of fused-ring (bicyclic) bond motifs is 13. The number of furan rings is 1. The molecule has 4 nitrogen and oxygen atoms in total. The maximum atomic E-state index is 6.76. The molecule has 0 N–H and O–H groups in total. The molecular weight excluding hydrogens is 619 g/mol. The fraction of sp³-hybridized carbons (Fsp3) is 0. The van der Waals surface area contributed by atoms with Gasteiger partial charge >= 0.3 is 0 Å². The fourth-order valence-electron chi connectivity index (χ4n) is 7.67. The molecule has 11 aromatic rings. The summed E-state index contributed by atoms with van der Waals surface area (Å²) in [6.45, 7) is 0. The van der Waals surface area contributed by atoms with E-state index in [2.05, 4.69) is 132 Å². The van der Waals surface area contributed by atoms with Crippen LogP contribution in [0.25, 0.3) is 103 Å². The molecule has 0 aliphatic rings. The molecular formula is C44H25N3OS. The Balaban J connectivity index is 1.31. The lowest BCUT2D eigenvalue weighted by molar-refractivity contribution is 0.673. The lowest BCUT2D eigenvalue weighted by Crippen LogP contribution is -1.98. The van der Waals surface area contributed by atoms with E-state index in [4.69, 9.17) is 14.4 Å². The van der Waals surface area contributed by atoms with E-state index in [1.807, 2.05) is 35.6 Å². The van der Waals surface area contributed by atoms with Crippen LogP contribution in [0.4, 0.5) is 0 Å². The van der Waals surface area contributed by atoms with Crippen molar-refractivity contribution in [1.29, 1.82) is 0 Å². The number of nitrogens with zero attached hydrogens (tertiary/aromatic N) is 3. The predicted molar refractivity (Wildman–Crippen MR) is 205 cm³/mol. The Hall–Kier alpha value is -6.30. The van der Waals surface area contributed by atoms with Gasteiger partial charge in [-0.2, -0.15) is 0 Å². The Labute approximate surface area is 284 Å². The van der Waals surface area contributed by atoms with Crippen LogP contribution in [-0.4, -0.2) is 14.5 Å². The molecule has 0 aliphatic heterocycles. The van der Waals surface area contributed by atoms with Gasteiger partial charge in [0.2, 0.25) is 0 Å². The highest BCUT2D eigenvalue weighted by Gasteiger charge is 2.25. The third-order valence-corrected chi connectivity index (χ3v) is 11.0. The monoisotopic (exact) mass is 643 g/mol. The zero-order valence-electron chi connectivity index (χ0n) is 26.1. The Kier molecular flexibility index (Phi) is 5.51. The van der Waals surface area contributed by atoms with Crippen molar-refractivity contribution in [3.63, 3.8) is 0 Å². The van der Waals surface area contributed by atoms with Crippen LogP contribution in [0, 0.1) is 0 Å². The highest BCUT2D eigenvalue weighted by Crippen LogP contribution is 2.50. The molecule has 0 atom stereocenters. The zero-order chi connectivity index (χ0) is 32.1. The van der Waals surface area contributed by atoms with Crippen molar-refractivity contribution in [2.24, 2.45) is 0 Å². The van der Waals surface area contributed by atoms with E-state index in [0.717, 1.165) is 61.3 Å². The molecule has 49 heavy (non-hydrogen) atoms. The largest absolute Gasteiger partial charge is 0.455 e. The van der Waals surface area contributed by atoms with Gasteiger partial charge in [-0.05, 0) is 36.4 Å². The highest BCUT2D eigenvalue weighted by atomic mass is 32.1. The van der Waals surface area contributed by atoms with Crippen molar-refractivity contribution in [2.75, 3.05) is 0 Å². The summed E-state index contributed by atoms with van der Waals surface area (Å²) < 4.78 is 11.7. The minimum Gasteiger partial charge on any atom is -0.455 e. The van der Waals surface area contributed by atoms with Crippen molar-refractivity contribution < 1.29 is 4.42 Å². The molecule has 0 aliphatic carbocycles. The lowest BCUT2D eigenvalue weighted by atomic mass is 10.0. The van der Waals surface area contributed by atoms with E-state index >= 15 is 0 Å². The molecule has 7 aromatic carbocycles. The fourth-order valence-corrected chi connectivity index (χ4v) is 8.91. The van der Waals surface area contributed by atoms with Crippen LogP contribution in [0.1, 0.15) is 0 Å². The number of thiophene rings is 1. The van der Waals surface area contributed by atoms with Gasteiger partial charge in [0.25, 0.3) is 0 Å². The Morgan fingerprint density at radius 3 is 2.06 bits per heavy atom. The Morgan fingerprint density at radius 2 is 1.22 bits per heavy atom. The van der Waals surface area contributed by atoms with Crippen LogP contribution < -0.4 is 0 Å². The lowest BCUT2D eigenvalue weighted by Gasteiger charge is -2.13. The summed E-state index contributed by atoms with van der Waals surface area (Å²) in [5, 5.41) is 8.12. The highest BCUT2D eigenvalue weighted by molar-refractivity contribution is 7.27. The number of hydrogen-bond acceptors (Lipinski definition) is 4. The Bertz CT molecular complexity index is 3100. The summed E-state index contributed by atoms with van der Waals surface area (Å²) in [5.74, 6) is 0.720. The summed E-state index contributed by atoms with van der Waals surface area (Å²) in [5.41, 5.74) is 9.16. The standard InChI is InChI=1S/C44H25N3OS/c1-3-13-26(14-4-1)40-32-25-28(23-24-33(32)45-44(46-40)27-15-5-2-6-16-27)47-34-20-10-7-17-29(34)37-38-30-18-8-11-21-35(30)48-42(38)39-31-19-9-12-22-36(31)49-43(39)41(37)47/h1-25H. The molecule has 4 aromatic heterocycles. The van der Waals surface area contributed by atoms with E-state index in [1.54, 1.807) is 0 Å². The first-order valence-electron chi connectivity index (χ1n) is 16.4. The minimum atomic E-state index is 0.720. The van der Waals surface area contributed by atoms with Gasteiger partial charge in [0.15, 0.2) is 5.82 Å². The molecule has 0 saturated heterocycles. The van der Waals surface area contributed by atoms with E-state index in [9.17, 15) is 0 Å². The number of aromatic nitrogens is 3. The molecule has 0 amide bonds. The van der Waals surface area contributed by atoms with Crippen LogP contribution in [0.3, 0.4) is 0 Å². The average Bonchev–Trinajstić information content (AvgIpc) is 3.85. The first-order valence-corrected chi connectivity index (χ1v) is 17.2. The zero-order valence-corrected chi connectivity index (χ0v) is 26.9. The summed E-state index contributed by atoms with van der Waals surface area (Å²) in [6, 6.07) is 53.2. The summed E-state index contributed by atoms with van der Waals surface area (Å²) in [4.78, 5) is 10.3. The maximum absolute atomic E-state index is 6.76. The summed E-state index contributed by atoms with van der Waals surface area (Å²) in [7, 11) is 0. The molecule has 0 spiro atoms. The van der Waals surface area contributed by atoms with Crippen molar-refractivity contribution in [2.45, 2.75) is 0 Å². The van der Waals surface area contributed by atoms with Gasteiger partial charge < -0.3 is 8.98 Å². The van der Waals surface area contributed by atoms with Crippen LogP contribution >= 0.6 is 11.3 Å². The van der Waals surface area contributed by atoms with Crippen LogP contribution in [-0.2, 0) is 0 Å². The van der Waals surface area contributed by atoms with E-state index < -0.39 is 0 Å². The number of rotatable bonds is 3. The van der Waals surface area contributed by atoms with Gasteiger partial charge in [0.05, 0.1) is 26.9 Å². The quantitative estimate of drug-likeness (QED) is 0.192. The predicted octanol–water partition coefficient (Wildman–Crippen LogP) is 12.3. The maximum Gasteiger partial charge on any atom is 0.160 e. The number of benzene rings is 7. The van der Waals surface area contributed by atoms with Crippen molar-refractivity contribution in [3.05, 3.63) is 152 Å². The molecule has 0 unspecified atom stereocenters. The van der Waals surface area contributed by atoms with E-state index in [0.29, 0.717) is 0 Å². The third-order valence-electron chi connectivity index (χ3n) is 9.77. The van der Waals surface area contributed by atoms with Crippen molar-refractivity contribution in [3.8, 4) is 28.3 Å². The minimum absolute atomic E-state index is 0.720.